The first kappa shape index (κ1) is 24.8. The van der Waals surface area contributed by atoms with Crippen molar-refractivity contribution in [2.24, 2.45) is 0 Å². The van der Waals surface area contributed by atoms with Gasteiger partial charge in [-0.15, -0.1) is 0 Å². The average Bonchev–Trinajstić information content (AvgIpc) is 2.48. The van der Waals surface area contributed by atoms with E-state index in [-0.39, 0.29) is 19.8 Å². The molecule has 0 fully saturated rings. The van der Waals surface area contributed by atoms with Crippen LogP contribution in [0.1, 0.15) is 34.6 Å². The van der Waals surface area contributed by atoms with Gasteiger partial charge in [0.1, 0.15) is 25.3 Å². The Morgan fingerprint density at radius 3 is 2.19 bits per heavy atom. The maximum Gasteiger partial charge on any atom is 0.410 e. The van der Waals surface area contributed by atoms with E-state index in [0.717, 1.165) is 4.90 Å². The topological polar surface area (TPSA) is 120 Å². The van der Waals surface area contributed by atoms with Crippen LogP contribution in [-0.2, 0) is 28.5 Å². The molecule has 0 saturated carbocycles. The Morgan fingerprint density at radius 2 is 1.67 bits per heavy atom. The molecule has 0 bridgehead atoms. The van der Waals surface area contributed by atoms with Gasteiger partial charge in [-0.25, -0.2) is 9.59 Å². The van der Waals surface area contributed by atoms with Crippen LogP contribution in [0.3, 0.4) is 0 Å². The molecule has 0 spiro atoms. The molecule has 10 nitrogen and oxygen atoms in total. The number of alkyl halides is 1. The zero-order valence-electron chi connectivity index (χ0n) is 16.2. The van der Waals surface area contributed by atoms with Crippen LogP contribution in [0.15, 0.2) is 0 Å². The summed E-state index contributed by atoms with van der Waals surface area (Å²) in [4.78, 5) is 47.7. The van der Waals surface area contributed by atoms with Crippen molar-refractivity contribution < 1.29 is 38.1 Å². The van der Waals surface area contributed by atoms with Crippen LogP contribution < -0.4 is 5.32 Å². The summed E-state index contributed by atoms with van der Waals surface area (Å²) in [6.45, 7) is 7.01. The monoisotopic (exact) mass is 410 g/mol. The van der Waals surface area contributed by atoms with Crippen LogP contribution in [0, 0.1) is 0 Å². The molecule has 0 saturated heterocycles. The lowest BCUT2D eigenvalue weighted by atomic mass is 10.2. The van der Waals surface area contributed by atoms with Gasteiger partial charge < -0.3 is 24.3 Å². The minimum absolute atomic E-state index is 0.0142. The fourth-order valence-electron chi connectivity index (χ4n) is 1.64. The second-order valence-corrected chi connectivity index (χ2v) is 6.85. The minimum atomic E-state index is -0.849. The van der Waals surface area contributed by atoms with E-state index in [1.165, 1.54) is 6.92 Å². The zero-order chi connectivity index (χ0) is 21.0. The molecule has 1 atom stereocenters. The van der Waals surface area contributed by atoms with E-state index < -0.39 is 48.4 Å². The summed E-state index contributed by atoms with van der Waals surface area (Å²) in [5.41, 5.74) is -1.53. The summed E-state index contributed by atoms with van der Waals surface area (Å²) in [6.07, 6.45) is -1.61. The van der Waals surface area contributed by atoms with Gasteiger partial charge in [-0.2, -0.15) is 0 Å². The fraction of sp³-hybridized carbons (Fsp3) is 0.750. The van der Waals surface area contributed by atoms with Gasteiger partial charge in [0, 0.05) is 0 Å². The van der Waals surface area contributed by atoms with E-state index >= 15 is 0 Å². The van der Waals surface area contributed by atoms with E-state index in [1.54, 1.807) is 27.7 Å². The van der Waals surface area contributed by atoms with Crippen LogP contribution in [0.2, 0.25) is 0 Å². The van der Waals surface area contributed by atoms with Crippen molar-refractivity contribution >= 4 is 35.7 Å². The number of rotatable bonds is 9. The maximum absolute atomic E-state index is 11.9. The third-order valence-electron chi connectivity index (χ3n) is 2.49. The molecular weight excluding hydrogens is 384 g/mol. The van der Waals surface area contributed by atoms with Crippen LogP contribution in [0.5, 0.6) is 0 Å². The summed E-state index contributed by atoms with van der Waals surface area (Å²) in [5, 5.41) is 2.32. The molecule has 2 amide bonds. The highest BCUT2D eigenvalue weighted by Gasteiger charge is 2.25. The number of halogens is 1. The quantitative estimate of drug-likeness (QED) is 0.263. The van der Waals surface area contributed by atoms with Crippen LogP contribution in [-0.4, -0.2) is 73.0 Å². The summed E-state index contributed by atoms with van der Waals surface area (Å²) in [5.74, 6) is -1.48. The van der Waals surface area contributed by atoms with Crippen LogP contribution in [0.25, 0.3) is 0 Å². The number of esters is 2. The van der Waals surface area contributed by atoms with Crippen molar-refractivity contribution in [2.45, 2.75) is 45.8 Å². The van der Waals surface area contributed by atoms with Crippen molar-refractivity contribution in [3.63, 3.8) is 0 Å². The minimum Gasteiger partial charge on any atom is -0.462 e. The smallest absolute Gasteiger partial charge is 0.410 e. The Bertz CT molecular complexity index is 519. The number of ether oxygens (including phenoxy) is 4. The molecule has 0 aromatic carbocycles. The van der Waals surface area contributed by atoms with Gasteiger partial charge in [0.15, 0.2) is 5.56 Å². The Labute approximate surface area is 163 Å². The zero-order valence-corrected chi connectivity index (χ0v) is 17.0. The summed E-state index contributed by atoms with van der Waals surface area (Å²) < 4.78 is 19.4. The highest BCUT2D eigenvalue weighted by Crippen LogP contribution is 2.08. The Balaban J connectivity index is 4.47. The number of alkyl carbamates (subject to hydrolysis) is 1. The molecule has 27 heavy (non-hydrogen) atoms. The molecule has 0 rings (SSSR count). The summed E-state index contributed by atoms with van der Waals surface area (Å²) in [7, 11) is 0. The van der Waals surface area contributed by atoms with Gasteiger partial charge >= 0.3 is 24.1 Å². The highest BCUT2D eigenvalue weighted by molar-refractivity contribution is 6.19. The van der Waals surface area contributed by atoms with Gasteiger partial charge in [0.25, 0.3) is 0 Å². The SMILES string of the molecule is CCOC(=O)N(CC(=O)OCCNC(=O)OC(C)Cl)CC(=O)OC(C)(C)C. The van der Waals surface area contributed by atoms with Gasteiger partial charge in [-0.05, 0) is 34.6 Å². The first-order valence-corrected chi connectivity index (χ1v) is 8.76. The van der Waals surface area contributed by atoms with Crippen LogP contribution in [0.4, 0.5) is 9.59 Å². The maximum atomic E-state index is 11.9. The Morgan fingerprint density at radius 1 is 1.07 bits per heavy atom. The molecule has 156 valence electrons. The molecule has 11 heteroatoms. The third kappa shape index (κ3) is 13.6. The lowest BCUT2D eigenvalue weighted by molar-refractivity contribution is -0.156. The van der Waals surface area contributed by atoms with Crippen molar-refractivity contribution in [3.8, 4) is 0 Å². The normalized spacial score (nSPS) is 11.8. The Hall–Kier alpha value is -2.23. The fourth-order valence-corrected chi connectivity index (χ4v) is 1.72. The second kappa shape index (κ2) is 12.2. The lowest BCUT2D eigenvalue weighted by Gasteiger charge is -2.24. The molecular formula is C16H27ClN2O8. The molecule has 0 aliphatic heterocycles. The molecule has 0 aliphatic carbocycles. The van der Waals surface area contributed by atoms with Gasteiger partial charge in [-0.1, -0.05) is 11.6 Å². The van der Waals surface area contributed by atoms with Gasteiger partial charge in [0.05, 0.1) is 13.2 Å². The van der Waals surface area contributed by atoms with Crippen molar-refractivity contribution in [3.05, 3.63) is 0 Å². The first-order chi connectivity index (χ1) is 12.4. The van der Waals surface area contributed by atoms with Crippen LogP contribution >= 0.6 is 11.6 Å². The molecule has 0 aromatic heterocycles. The molecule has 0 aliphatic rings. The molecule has 1 N–H and O–H groups in total. The largest absolute Gasteiger partial charge is 0.462 e. The number of carbonyl (C=O) groups excluding carboxylic acids is 4. The van der Waals surface area contributed by atoms with E-state index in [9.17, 15) is 19.2 Å². The standard InChI is InChI=1S/C16H27ClN2O8/c1-6-24-15(23)19(10-13(21)27-16(3,4)5)9-12(20)25-8-7-18-14(22)26-11(2)17/h11H,6-10H2,1-5H3,(H,18,22). The number of hydrogen-bond donors (Lipinski definition) is 1. The van der Waals surface area contributed by atoms with Crippen molar-refractivity contribution in [1.82, 2.24) is 10.2 Å². The molecule has 0 radical (unpaired) electrons. The third-order valence-corrected chi connectivity index (χ3v) is 2.58. The predicted molar refractivity (Wildman–Crippen MR) is 95.2 cm³/mol. The number of amides is 2. The number of hydrogen-bond acceptors (Lipinski definition) is 8. The number of nitrogens with one attached hydrogen (secondary N) is 1. The van der Waals surface area contributed by atoms with Crippen molar-refractivity contribution in [2.75, 3.05) is 32.8 Å². The van der Waals surface area contributed by atoms with E-state index in [0.29, 0.717) is 0 Å². The van der Waals surface area contributed by atoms with Crippen molar-refractivity contribution in [1.29, 1.82) is 0 Å². The summed E-state index contributed by atoms with van der Waals surface area (Å²) in [6, 6.07) is 0. The molecule has 0 heterocycles. The average molecular weight is 411 g/mol. The van der Waals surface area contributed by atoms with Gasteiger partial charge in [-0.3, -0.25) is 14.5 Å². The summed E-state index contributed by atoms with van der Waals surface area (Å²) >= 11 is 5.47. The van der Waals surface area contributed by atoms with Gasteiger partial charge in [0.2, 0.25) is 0 Å². The predicted octanol–water partition coefficient (Wildman–Crippen LogP) is 1.64. The lowest BCUT2D eigenvalue weighted by Crippen LogP contribution is -2.42. The Kier molecular flexibility index (Phi) is 11.2. The van der Waals surface area contributed by atoms with E-state index in [4.69, 9.17) is 25.8 Å². The molecule has 0 aromatic rings. The number of carbonyl (C=O) groups is 4. The first-order valence-electron chi connectivity index (χ1n) is 8.32. The second-order valence-electron chi connectivity index (χ2n) is 6.24. The molecule has 1 unspecified atom stereocenters. The number of nitrogens with zero attached hydrogens (tertiary/aromatic N) is 1. The van der Waals surface area contributed by atoms with E-state index in [1.807, 2.05) is 0 Å². The highest BCUT2D eigenvalue weighted by atomic mass is 35.5. The van der Waals surface area contributed by atoms with E-state index in [2.05, 4.69) is 10.1 Å².